The molecule has 0 amide bonds. The van der Waals surface area contributed by atoms with Gasteiger partial charge >= 0.3 is 7.60 Å². The van der Waals surface area contributed by atoms with Crippen LogP contribution in [0, 0.1) is 6.92 Å². The van der Waals surface area contributed by atoms with Gasteiger partial charge in [0.05, 0.1) is 18.9 Å². The Labute approximate surface area is 149 Å². The Morgan fingerprint density at radius 2 is 1.80 bits per heavy atom. The van der Waals surface area contributed by atoms with E-state index >= 15 is 0 Å². The summed E-state index contributed by atoms with van der Waals surface area (Å²) in [5.74, 6) is 0. The number of hydrogen-bond donors (Lipinski definition) is 0. The van der Waals surface area contributed by atoms with Gasteiger partial charge in [0, 0.05) is 12.4 Å². The molecule has 0 aliphatic carbocycles. The van der Waals surface area contributed by atoms with Crippen LogP contribution in [0.15, 0.2) is 59.1 Å². The van der Waals surface area contributed by atoms with Crippen LogP contribution in [0.2, 0.25) is 0 Å². The van der Waals surface area contributed by atoms with E-state index in [2.05, 4.69) is 9.98 Å². The first kappa shape index (κ1) is 19.3. The molecule has 0 atom stereocenters. The first-order valence-electron chi connectivity index (χ1n) is 8.20. The molecule has 1 aromatic carbocycles. The zero-order chi connectivity index (χ0) is 18.1. The molecular formula is C19H23N2O3P. The van der Waals surface area contributed by atoms with Gasteiger partial charge < -0.3 is 9.05 Å². The van der Waals surface area contributed by atoms with Crippen molar-refractivity contribution in [3.05, 3.63) is 70.9 Å². The highest BCUT2D eigenvalue weighted by molar-refractivity contribution is 7.58. The van der Waals surface area contributed by atoms with Gasteiger partial charge in [0.15, 0.2) is 5.44 Å². The Morgan fingerprint density at radius 3 is 2.36 bits per heavy atom. The average molecular weight is 358 g/mol. The van der Waals surface area contributed by atoms with E-state index in [1.165, 1.54) is 0 Å². The molecule has 2 aromatic rings. The van der Waals surface area contributed by atoms with Crippen LogP contribution in [-0.2, 0) is 13.6 Å². The Bertz CT molecular complexity index is 761. The van der Waals surface area contributed by atoms with Crippen molar-refractivity contribution in [2.45, 2.75) is 20.8 Å². The molecule has 1 aromatic heterocycles. The first-order valence-corrected chi connectivity index (χ1v) is 9.75. The summed E-state index contributed by atoms with van der Waals surface area (Å²) in [6.45, 7) is 6.08. The molecule has 0 unspecified atom stereocenters. The van der Waals surface area contributed by atoms with E-state index in [1.807, 2.05) is 49.4 Å². The normalized spacial score (nSPS) is 12.7. The van der Waals surface area contributed by atoms with Gasteiger partial charge in [-0.15, -0.1) is 0 Å². The van der Waals surface area contributed by atoms with Gasteiger partial charge in [0.1, 0.15) is 0 Å². The molecule has 132 valence electrons. The van der Waals surface area contributed by atoms with Crippen molar-refractivity contribution < 1.29 is 13.6 Å². The third-order valence-electron chi connectivity index (χ3n) is 3.27. The van der Waals surface area contributed by atoms with Gasteiger partial charge in [-0.2, -0.15) is 0 Å². The predicted molar refractivity (Wildman–Crippen MR) is 102 cm³/mol. The molecule has 0 radical (unpaired) electrons. The molecule has 0 fully saturated rings. The number of nitrogens with zero attached hydrogens (tertiary/aromatic N) is 2. The average Bonchev–Trinajstić information content (AvgIpc) is 2.61. The smallest absolute Gasteiger partial charge is 0.304 e. The monoisotopic (exact) mass is 358 g/mol. The molecule has 6 heteroatoms. The maximum absolute atomic E-state index is 13.1. The van der Waals surface area contributed by atoms with Crippen molar-refractivity contribution in [1.82, 2.24) is 4.98 Å². The minimum atomic E-state index is -3.52. The fourth-order valence-electron chi connectivity index (χ4n) is 2.08. The number of aryl methyl sites for hydroxylation is 1. The minimum absolute atomic E-state index is 0.232. The lowest BCUT2D eigenvalue weighted by molar-refractivity contribution is 0.226. The molecule has 0 N–H and O–H groups in total. The van der Waals surface area contributed by atoms with Gasteiger partial charge in [0.25, 0.3) is 0 Å². The lowest BCUT2D eigenvalue weighted by Crippen LogP contribution is -1.98. The van der Waals surface area contributed by atoms with Crippen LogP contribution in [0.3, 0.4) is 0 Å². The first-order chi connectivity index (χ1) is 12.1. The number of hydrogen-bond acceptors (Lipinski definition) is 5. The molecule has 2 rings (SSSR count). The van der Waals surface area contributed by atoms with Crippen LogP contribution in [0.1, 0.15) is 30.7 Å². The van der Waals surface area contributed by atoms with E-state index in [4.69, 9.17) is 9.05 Å². The molecule has 0 bridgehead atoms. The molecule has 25 heavy (non-hydrogen) atoms. The number of pyridine rings is 1. The summed E-state index contributed by atoms with van der Waals surface area (Å²) in [6.07, 6.45) is 4.95. The SMILES string of the molecule is CCOP(=O)(OCC)C(=C/c1ccccn1)/N=C/c1ccc(C)cc1. The molecule has 0 spiro atoms. The van der Waals surface area contributed by atoms with Crippen molar-refractivity contribution in [1.29, 1.82) is 0 Å². The van der Waals surface area contributed by atoms with Gasteiger partial charge in [-0.05, 0) is 44.5 Å². The topological polar surface area (TPSA) is 60.8 Å². The third kappa shape index (κ3) is 5.75. The maximum atomic E-state index is 13.1. The van der Waals surface area contributed by atoms with Crippen molar-refractivity contribution >= 4 is 19.9 Å². The number of aromatic nitrogens is 1. The van der Waals surface area contributed by atoms with Gasteiger partial charge in [0.2, 0.25) is 0 Å². The lowest BCUT2D eigenvalue weighted by atomic mass is 10.2. The van der Waals surface area contributed by atoms with Gasteiger partial charge in [-0.25, -0.2) is 4.99 Å². The Hall–Kier alpha value is -2.07. The van der Waals surface area contributed by atoms with E-state index in [-0.39, 0.29) is 18.7 Å². The van der Waals surface area contributed by atoms with Crippen LogP contribution in [0.4, 0.5) is 0 Å². The van der Waals surface area contributed by atoms with Gasteiger partial charge in [-0.3, -0.25) is 9.55 Å². The van der Waals surface area contributed by atoms with Crippen LogP contribution in [0.5, 0.6) is 0 Å². The van der Waals surface area contributed by atoms with E-state index in [9.17, 15) is 4.57 Å². The molecule has 0 saturated carbocycles. The number of aliphatic imine (C=N–C) groups is 1. The Balaban J connectivity index is 2.42. The second-order valence-electron chi connectivity index (χ2n) is 5.26. The summed E-state index contributed by atoms with van der Waals surface area (Å²) < 4.78 is 24.0. The van der Waals surface area contributed by atoms with Gasteiger partial charge in [-0.1, -0.05) is 35.9 Å². The fourth-order valence-corrected chi connectivity index (χ4v) is 3.59. The van der Waals surface area contributed by atoms with Crippen molar-refractivity contribution in [3.8, 4) is 0 Å². The van der Waals surface area contributed by atoms with Crippen molar-refractivity contribution in [2.75, 3.05) is 13.2 Å². The lowest BCUT2D eigenvalue weighted by Gasteiger charge is -2.17. The standard InChI is InChI=1S/C19H23N2O3P/c1-4-23-25(22,24-5-2)19(14-18-8-6-7-13-20-18)21-15-17-11-9-16(3)10-12-17/h6-15H,4-5H2,1-3H3/b19-14+,21-15+. The van der Waals surface area contributed by atoms with Crippen LogP contribution in [0.25, 0.3) is 6.08 Å². The number of benzene rings is 1. The fraction of sp³-hybridized carbons (Fsp3) is 0.263. The maximum Gasteiger partial charge on any atom is 0.379 e. The molecule has 0 aliphatic heterocycles. The summed E-state index contributed by atoms with van der Waals surface area (Å²) in [4.78, 5) is 8.65. The van der Waals surface area contributed by atoms with Crippen LogP contribution in [-0.4, -0.2) is 24.4 Å². The highest BCUT2D eigenvalue weighted by Gasteiger charge is 2.29. The second-order valence-corrected chi connectivity index (χ2v) is 7.23. The van der Waals surface area contributed by atoms with Crippen molar-refractivity contribution in [2.24, 2.45) is 4.99 Å². The predicted octanol–water partition coefficient (Wildman–Crippen LogP) is 5.07. The summed E-state index contributed by atoms with van der Waals surface area (Å²) in [6, 6.07) is 13.4. The molecule has 0 saturated heterocycles. The quantitative estimate of drug-likeness (QED) is 0.488. The second kappa shape index (κ2) is 9.42. The largest absolute Gasteiger partial charge is 0.379 e. The van der Waals surface area contributed by atoms with E-state index in [1.54, 1.807) is 32.3 Å². The van der Waals surface area contributed by atoms with E-state index in [0.29, 0.717) is 5.69 Å². The highest BCUT2D eigenvalue weighted by atomic mass is 31.2. The highest BCUT2D eigenvalue weighted by Crippen LogP contribution is 2.57. The van der Waals surface area contributed by atoms with Crippen LogP contribution >= 0.6 is 7.60 Å². The Kier molecular flexibility index (Phi) is 7.26. The minimum Gasteiger partial charge on any atom is -0.304 e. The Morgan fingerprint density at radius 1 is 1.12 bits per heavy atom. The summed E-state index contributed by atoms with van der Waals surface area (Å²) in [5, 5.41) is 0. The summed E-state index contributed by atoms with van der Waals surface area (Å²) >= 11 is 0. The molecular weight excluding hydrogens is 335 g/mol. The number of rotatable bonds is 8. The summed E-state index contributed by atoms with van der Waals surface area (Å²) in [5.41, 5.74) is 2.93. The zero-order valence-electron chi connectivity index (χ0n) is 14.8. The molecule has 5 nitrogen and oxygen atoms in total. The zero-order valence-corrected chi connectivity index (χ0v) is 15.6. The van der Waals surface area contributed by atoms with E-state index < -0.39 is 7.60 Å². The molecule has 0 aliphatic rings. The molecule has 1 heterocycles. The third-order valence-corrected chi connectivity index (χ3v) is 5.27. The van der Waals surface area contributed by atoms with E-state index in [0.717, 1.165) is 11.1 Å². The van der Waals surface area contributed by atoms with Crippen molar-refractivity contribution in [3.63, 3.8) is 0 Å². The van der Waals surface area contributed by atoms with Crippen LogP contribution < -0.4 is 0 Å². The summed E-state index contributed by atoms with van der Waals surface area (Å²) in [7, 11) is -3.52.